The summed E-state index contributed by atoms with van der Waals surface area (Å²) in [5.74, 6) is -1.33. The maximum Gasteiger partial charge on any atom is 0.419 e. The van der Waals surface area contributed by atoms with E-state index in [4.69, 9.17) is 21.3 Å². The molecule has 2 N–H and O–H groups in total. The highest BCUT2D eigenvalue weighted by Crippen LogP contribution is 2.37. The highest BCUT2D eigenvalue weighted by Gasteiger charge is 2.36. The van der Waals surface area contributed by atoms with Crippen LogP contribution < -0.4 is 5.32 Å². The number of carboxylic acid groups (broad SMARTS) is 1. The zero-order chi connectivity index (χ0) is 29.6. The molecule has 2 aliphatic rings. The van der Waals surface area contributed by atoms with Crippen molar-refractivity contribution in [2.45, 2.75) is 51.3 Å². The molecule has 8 nitrogen and oxygen atoms in total. The van der Waals surface area contributed by atoms with Crippen molar-refractivity contribution in [1.29, 1.82) is 0 Å². The number of benzene rings is 2. The molecule has 1 atom stereocenters. The van der Waals surface area contributed by atoms with Crippen LogP contribution in [0.5, 0.6) is 0 Å². The maximum atomic E-state index is 14.3. The number of carbonyl (C=O) groups is 1. The summed E-state index contributed by atoms with van der Waals surface area (Å²) in [6, 6.07) is 9.89. The number of nitrogens with zero attached hydrogens (tertiary/aromatic N) is 4. The van der Waals surface area contributed by atoms with Crippen molar-refractivity contribution >= 4 is 34.4 Å². The molecule has 2 aliphatic heterocycles. The minimum atomic E-state index is -4.65. The van der Waals surface area contributed by atoms with Gasteiger partial charge in [-0.2, -0.15) is 13.2 Å². The van der Waals surface area contributed by atoms with Gasteiger partial charge in [0.15, 0.2) is 0 Å². The monoisotopic (exact) mass is 603 g/mol. The van der Waals surface area contributed by atoms with Crippen molar-refractivity contribution < 1.29 is 32.2 Å². The highest BCUT2D eigenvalue weighted by atomic mass is 35.5. The number of pyridine rings is 1. The number of rotatable bonds is 8. The Balaban J connectivity index is 1.27. The highest BCUT2D eigenvalue weighted by molar-refractivity contribution is 6.30. The van der Waals surface area contributed by atoms with Gasteiger partial charge in [-0.1, -0.05) is 17.7 Å². The molecule has 0 saturated carbocycles. The average Bonchev–Trinajstić information content (AvgIpc) is 3.24. The van der Waals surface area contributed by atoms with Crippen LogP contribution in [0.3, 0.4) is 0 Å². The predicted molar refractivity (Wildman–Crippen MR) is 147 cm³/mol. The summed E-state index contributed by atoms with van der Waals surface area (Å²) in [5.41, 5.74) is 1.75. The first-order chi connectivity index (χ1) is 20.0. The Bertz CT molecular complexity index is 1670. The second-order valence-electron chi connectivity index (χ2n) is 10.5. The molecule has 0 bridgehead atoms. The second kappa shape index (κ2) is 11.2. The second-order valence-corrected chi connectivity index (χ2v) is 10.9. The van der Waals surface area contributed by atoms with Gasteiger partial charge < -0.3 is 19.7 Å². The molecule has 42 heavy (non-hydrogen) atoms. The van der Waals surface area contributed by atoms with Crippen molar-refractivity contribution in [3.63, 3.8) is 0 Å². The normalized spacial score (nSPS) is 17.2. The Morgan fingerprint density at radius 3 is 2.67 bits per heavy atom. The van der Waals surface area contributed by atoms with E-state index in [2.05, 4.69) is 10.3 Å². The molecule has 0 radical (unpaired) electrons. The first kappa shape index (κ1) is 28.4. The van der Waals surface area contributed by atoms with Gasteiger partial charge >= 0.3 is 12.1 Å². The van der Waals surface area contributed by atoms with Crippen LogP contribution in [0.25, 0.3) is 11.0 Å². The van der Waals surface area contributed by atoms with Gasteiger partial charge in [0.05, 0.1) is 47.0 Å². The van der Waals surface area contributed by atoms with Crippen LogP contribution in [0, 0.1) is 5.82 Å². The topological polar surface area (TPSA) is 92.5 Å². The van der Waals surface area contributed by atoms with E-state index in [1.807, 2.05) is 9.47 Å². The number of ether oxygens (including phenoxy) is 1. The number of aromatic carboxylic acids is 1. The van der Waals surface area contributed by atoms with Crippen LogP contribution in [0.15, 0.2) is 42.5 Å². The Morgan fingerprint density at radius 1 is 1.17 bits per heavy atom. The van der Waals surface area contributed by atoms with Gasteiger partial charge in [-0.25, -0.2) is 19.2 Å². The molecule has 4 aromatic rings. The lowest BCUT2D eigenvalue weighted by molar-refractivity contribution is -0.137. The Hall–Kier alpha value is -3.74. The lowest BCUT2D eigenvalue weighted by atomic mass is 10.0. The van der Waals surface area contributed by atoms with E-state index in [-0.39, 0.29) is 41.2 Å². The molecule has 6 rings (SSSR count). The first-order valence-electron chi connectivity index (χ1n) is 13.4. The van der Waals surface area contributed by atoms with E-state index < -0.39 is 23.5 Å². The van der Waals surface area contributed by atoms with Crippen molar-refractivity contribution in [3.05, 3.63) is 87.1 Å². The largest absolute Gasteiger partial charge is 0.478 e. The van der Waals surface area contributed by atoms with E-state index in [0.29, 0.717) is 60.8 Å². The number of carboxylic acids is 1. The third kappa shape index (κ3) is 5.79. The van der Waals surface area contributed by atoms with Crippen molar-refractivity contribution in [1.82, 2.24) is 19.4 Å². The number of nitrogens with one attached hydrogen (secondary N) is 1. The van der Waals surface area contributed by atoms with Gasteiger partial charge in [0.25, 0.3) is 0 Å². The number of hydrogen-bond acceptors (Lipinski definition) is 6. The molecule has 1 saturated heterocycles. The van der Waals surface area contributed by atoms with Crippen LogP contribution in [0.2, 0.25) is 5.02 Å². The van der Waals surface area contributed by atoms with Crippen molar-refractivity contribution in [2.24, 2.45) is 0 Å². The predicted octanol–water partition coefficient (Wildman–Crippen LogP) is 5.90. The molecule has 0 amide bonds. The van der Waals surface area contributed by atoms with E-state index in [1.165, 1.54) is 18.2 Å². The molecule has 0 aliphatic carbocycles. The van der Waals surface area contributed by atoms with Crippen molar-refractivity contribution in [3.8, 4) is 0 Å². The number of aromatic nitrogens is 3. The van der Waals surface area contributed by atoms with E-state index >= 15 is 0 Å². The standard InChI is InChI=1S/C29H26ClF4N5O3/c30-19-3-1-18(22(31)11-19)12-35-27-21(29(32,33)34)9-16-5-7-38(14-24(16)37-27)15-26-36-23-4-2-17(28(40)41)10-25(23)39(26)13-20-6-8-42-20/h1-4,9-11,20H,5-8,12-15H2,(H,35,37)(H,40,41)/t20-/m0/s1. The number of anilines is 1. The molecular formula is C29H26ClF4N5O3. The molecule has 13 heteroatoms. The van der Waals surface area contributed by atoms with Crippen LogP contribution in [-0.2, 0) is 43.5 Å². The molecule has 4 heterocycles. The molecule has 1 fully saturated rings. The average molecular weight is 604 g/mol. The van der Waals surface area contributed by atoms with Gasteiger partial charge in [-0.05, 0) is 54.8 Å². The fourth-order valence-electron chi connectivity index (χ4n) is 5.31. The summed E-state index contributed by atoms with van der Waals surface area (Å²) in [6.07, 6.45) is -3.41. The van der Waals surface area contributed by atoms with Gasteiger partial charge in [0.2, 0.25) is 0 Å². The van der Waals surface area contributed by atoms with E-state index in [0.717, 1.165) is 18.6 Å². The minimum absolute atomic E-state index is 0.00159. The summed E-state index contributed by atoms with van der Waals surface area (Å²) >= 11 is 5.80. The van der Waals surface area contributed by atoms with Gasteiger partial charge in [-0.15, -0.1) is 0 Å². The SMILES string of the molecule is O=C(O)c1ccc2nc(CN3CCc4cc(C(F)(F)F)c(NCc5ccc(Cl)cc5F)nc4C3)n(C[C@@H]3CCO3)c2c1. The Labute approximate surface area is 242 Å². The number of imidazole rings is 1. The number of fused-ring (bicyclic) bond motifs is 2. The molecule has 2 aromatic heterocycles. The van der Waals surface area contributed by atoms with Crippen molar-refractivity contribution in [2.75, 3.05) is 18.5 Å². The molecule has 0 unspecified atom stereocenters. The minimum Gasteiger partial charge on any atom is -0.478 e. The summed E-state index contributed by atoms with van der Waals surface area (Å²) in [7, 11) is 0. The third-order valence-electron chi connectivity index (χ3n) is 7.65. The number of hydrogen-bond donors (Lipinski definition) is 2. The van der Waals surface area contributed by atoms with Gasteiger partial charge in [0.1, 0.15) is 17.5 Å². The van der Waals surface area contributed by atoms with Crippen LogP contribution in [0.4, 0.5) is 23.4 Å². The first-order valence-corrected chi connectivity index (χ1v) is 13.8. The lowest BCUT2D eigenvalue weighted by Gasteiger charge is -2.30. The van der Waals surface area contributed by atoms with E-state index in [9.17, 15) is 27.5 Å². The quantitative estimate of drug-likeness (QED) is 0.242. The van der Waals surface area contributed by atoms with E-state index in [1.54, 1.807) is 12.1 Å². The molecular weight excluding hydrogens is 578 g/mol. The Kier molecular flexibility index (Phi) is 7.54. The van der Waals surface area contributed by atoms with Gasteiger partial charge in [0, 0.05) is 36.8 Å². The Morgan fingerprint density at radius 2 is 1.98 bits per heavy atom. The molecule has 2 aromatic carbocycles. The van der Waals surface area contributed by atoms with Crippen LogP contribution in [0.1, 0.15) is 45.0 Å². The summed E-state index contributed by atoms with van der Waals surface area (Å²) in [5, 5.41) is 12.4. The lowest BCUT2D eigenvalue weighted by Crippen LogP contribution is -2.34. The fourth-order valence-corrected chi connectivity index (χ4v) is 5.47. The number of alkyl halides is 3. The molecule has 220 valence electrons. The molecule has 0 spiro atoms. The fraction of sp³-hybridized carbons (Fsp3) is 0.345. The smallest absolute Gasteiger partial charge is 0.419 e. The van der Waals surface area contributed by atoms with Crippen LogP contribution in [-0.4, -0.2) is 49.8 Å². The van der Waals surface area contributed by atoms with Crippen LogP contribution >= 0.6 is 11.6 Å². The zero-order valence-corrected chi connectivity index (χ0v) is 23.0. The summed E-state index contributed by atoms with van der Waals surface area (Å²) < 4.78 is 63.8. The summed E-state index contributed by atoms with van der Waals surface area (Å²) in [6.45, 7) is 2.13. The third-order valence-corrected chi connectivity index (χ3v) is 7.88. The zero-order valence-electron chi connectivity index (χ0n) is 22.2. The maximum absolute atomic E-state index is 14.3. The summed E-state index contributed by atoms with van der Waals surface area (Å²) in [4.78, 5) is 22.8. The van der Waals surface area contributed by atoms with Gasteiger partial charge in [-0.3, -0.25) is 4.90 Å². The number of halogens is 5.